The van der Waals surface area contributed by atoms with Crippen LogP contribution in [0.1, 0.15) is 38.2 Å². The fourth-order valence-electron chi connectivity index (χ4n) is 3.65. The van der Waals surface area contributed by atoms with Crippen LogP contribution < -0.4 is 10.2 Å². The van der Waals surface area contributed by atoms with E-state index >= 15 is 0 Å². The lowest BCUT2D eigenvalue weighted by atomic mass is 9.88. The first-order chi connectivity index (χ1) is 12.2. The molecule has 6 nitrogen and oxygen atoms in total. The molecule has 2 atom stereocenters. The van der Waals surface area contributed by atoms with E-state index in [0.717, 1.165) is 57.4 Å². The molecule has 1 aromatic heterocycles. The Morgan fingerprint density at radius 2 is 1.84 bits per heavy atom. The molecule has 0 spiro atoms. The van der Waals surface area contributed by atoms with Crippen LogP contribution in [0, 0.1) is 5.92 Å². The van der Waals surface area contributed by atoms with E-state index in [9.17, 15) is 0 Å². The molecule has 1 aliphatic carbocycles. The Kier molecular flexibility index (Phi) is 7.02. The van der Waals surface area contributed by atoms with Gasteiger partial charge in [0.15, 0.2) is 0 Å². The molecular weight excluding hydrogens is 314 g/mol. The van der Waals surface area contributed by atoms with Gasteiger partial charge < -0.3 is 19.9 Å². The van der Waals surface area contributed by atoms with Crippen molar-refractivity contribution in [2.45, 2.75) is 45.3 Å². The van der Waals surface area contributed by atoms with Gasteiger partial charge in [-0.15, -0.1) is 0 Å². The quantitative estimate of drug-likeness (QED) is 0.761. The highest BCUT2D eigenvalue weighted by Crippen LogP contribution is 2.25. The first kappa shape index (κ1) is 18.5. The largest absolute Gasteiger partial charge is 0.377 e. The van der Waals surface area contributed by atoms with Gasteiger partial charge in [0.2, 0.25) is 5.95 Å². The minimum atomic E-state index is 0.460. The number of rotatable bonds is 7. The van der Waals surface area contributed by atoms with Gasteiger partial charge in [-0.1, -0.05) is 19.8 Å². The Morgan fingerprint density at radius 1 is 1.12 bits per heavy atom. The maximum Gasteiger partial charge on any atom is 0.225 e. The molecule has 3 rings (SSSR count). The zero-order valence-corrected chi connectivity index (χ0v) is 15.8. The third-order valence-corrected chi connectivity index (χ3v) is 5.45. The summed E-state index contributed by atoms with van der Waals surface area (Å²) < 4.78 is 6.04. The van der Waals surface area contributed by atoms with Crippen molar-refractivity contribution < 1.29 is 4.74 Å². The van der Waals surface area contributed by atoms with Gasteiger partial charge in [0.1, 0.15) is 0 Å². The maximum atomic E-state index is 6.04. The van der Waals surface area contributed by atoms with Gasteiger partial charge in [-0.3, -0.25) is 0 Å². The molecule has 0 unspecified atom stereocenters. The third-order valence-electron chi connectivity index (χ3n) is 5.45. The Labute approximate surface area is 152 Å². The van der Waals surface area contributed by atoms with Gasteiger partial charge in [0.05, 0.1) is 12.7 Å². The molecule has 1 saturated carbocycles. The molecule has 0 radical (unpaired) electrons. The normalized spacial score (nSPS) is 25.3. The average molecular weight is 348 g/mol. The van der Waals surface area contributed by atoms with Crippen molar-refractivity contribution >= 4 is 5.95 Å². The number of piperazine rings is 1. The predicted octanol–water partition coefficient (Wildman–Crippen LogP) is 1.91. The molecule has 0 aromatic carbocycles. The second-order valence-electron chi connectivity index (χ2n) is 7.53. The number of likely N-dealkylation sites (N-methyl/N-ethyl adjacent to an activating group) is 1. The summed E-state index contributed by atoms with van der Waals surface area (Å²) in [6.07, 6.45) is 9.57. The van der Waals surface area contributed by atoms with Crippen LogP contribution in [0.3, 0.4) is 0 Å². The summed E-state index contributed by atoms with van der Waals surface area (Å²) in [5, 5.41) is 3.44. The van der Waals surface area contributed by atoms with Gasteiger partial charge in [0, 0.05) is 57.2 Å². The third kappa shape index (κ3) is 5.62. The summed E-state index contributed by atoms with van der Waals surface area (Å²) >= 11 is 0. The minimum absolute atomic E-state index is 0.460. The molecule has 6 heteroatoms. The van der Waals surface area contributed by atoms with E-state index in [1.165, 1.54) is 25.7 Å². The fraction of sp³-hybridized carbons (Fsp3) is 0.789. The molecule has 1 saturated heterocycles. The first-order valence-electron chi connectivity index (χ1n) is 9.79. The van der Waals surface area contributed by atoms with Gasteiger partial charge >= 0.3 is 0 Å². The van der Waals surface area contributed by atoms with Crippen molar-refractivity contribution in [2.24, 2.45) is 5.92 Å². The van der Waals surface area contributed by atoms with E-state index in [0.29, 0.717) is 12.0 Å². The van der Waals surface area contributed by atoms with Crippen LogP contribution in [0.2, 0.25) is 0 Å². The highest BCUT2D eigenvalue weighted by atomic mass is 16.5. The number of hydrogen-bond acceptors (Lipinski definition) is 6. The molecule has 140 valence electrons. The molecule has 1 aliphatic heterocycles. The summed E-state index contributed by atoms with van der Waals surface area (Å²) in [7, 11) is 2.16. The molecule has 1 N–H and O–H groups in total. The predicted molar refractivity (Wildman–Crippen MR) is 101 cm³/mol. The standard InChI is InChI=1S/C19H33N5O/c1-16-5-3-4-6-18(16)25-12-7-20-13-17-14-21-19(22-15-17)24-10-8-23(2)9-11-24/h14-16,18,20H,3-13H2,1-2H3/t16-,18+/m1/s1. The monoisotopic (exact) mass is 347 g/mol. The number of ether oxygens (including phenoxy) is 1. The van der Waals surface area contributed by atoms with E-state index in [1.54, 1.807) is 0 Å². The number of nitrogens with one attached hydrogen (secondary N) is 1. The zero-order chi connectivity index (χ0) is 17.5. The van der Waals surface area contributed by atoms with Crippen molar-refractivity contribution in [1.82, 2.24) is 20.2 Å². The van der Waals surface area contributed by atoms with Crippen molar-refractivity contribution in [1.29, 1.82) is 0 Å². The second kappa shape index (κ2) is 9.46. The molecule has 25 heavy (non-hydrogen) atoms. The van der Waals surface area contributed by atoms with Gasteiger partial charge in [0.25, 0.3) is 0 Å². The van der Waals surface area contributed by atoms with Gasteiger partial charge in [-0.2, -0.15) is 0 Å². The lowest BCUT2D eigenvalue weighted by Gasteiger charge is -2.32. The highest BCUT2D eigenvalue weighted by molar-refractivity contribution is 5.30. The summed E-state index contributed by atoms with van der Waals surface area (Å²) in [5.41, 5.74) is 1.13. The summed E-state index contributed by atoms with van der Waals surface area (Å²) in [4.78, 5) is 13.7. The maximum absolute atomic E-state index is 6.04. The van der Waals surface area contributed by atoms with Crippen molar-refractivity contribution in [3.8, 4) is 0 Å². The van der Waals surface area contributed by atoms with Crippen molar-refractivity contribution in [3.63, 3.8) is 0 Å². The minimum Gasteiger partial charge on any atom is -0.377 e. The lowest BCUT2D eigenvalue weighted by Crippen LogP contribution is -2.45. The van der Waals surface area contributed by atoms with E-state index in [1.807, 2.05) is 12.4 Å². The second-order valence-corrected chi connectivity index (χ2v) is 7.53. The van der Waals surface area contributed by atoms with Crippen LogP contribution in [-0.4, -0.2) is 67.4 Å². The fourth-order valence-corrected chi connectivity index (χ4v) is 3.65. The average Bonchev–Trinajstić information content (AvgIpc) is 2.64. The first-order valence-corrected chi connectivity index (χ1v) is 9.79. The lowest BCUT2D eigenvalue weighted by molar-refractivity contribution is -0.00322. The van der Waals surface area contributed by atoms with Crippen LogP contribution in [-0.2, 0) is 11.3 Å². The van der Waals surface area contributed by atoms with Gasteiger partial charge in [-0.05, 0) is 25.8 Å². The van der Waals surface area contributed by atoms with E-state index in [-0.39, 0.29) is 0 Å². The van der Waals surface area contributed by atoms with E-state index < -0.39 is 0 Å². The van der Waals surface area contributed by atoms with Crippen LogP contribution in [0.15, 0.2) is 12.4 Å². The number of nitrogens with zero attached hydrogens (tertiary/aromatic N) is 4. The topological polar surface area (TPSA) is 53.5 Å². The van der Waals surface area contributed by atoms with Crippen LogP contribution >= 0.6 is 0 Å². The molecule has 0 bridgehead atoms. The van der Waals surface area contributed by atoms with Crippen LogP contribution in [0.25, 0.3) is 0 Å². The van der Waals surface area contributed by atoms with E-state index in [4.69, 9.17) is 4.74 Å². The van der Waals surface area contributed by atoms with Crippen molar-refractivity contribution in [2.75, 3.05) is 51.3 Å². The smallest absolute Gasteiger partial charge is 0.225 e. The van der Waals surface area contributed by atoms with Gasteiger partial charge in [-0.25, -0.2) is 9.97 Å². The summed E-state index contributed by atoms with van der Waals surface area (Å²) in [6.45, 7) is 8.94. The Morgan fingerprint density at radius 3 is 2.56 bits per heavy atom. The number of aromatic nitrogens is 2. The number of hydrogen-bond donors (Lipinski definition) is 1. The Balaban J connectivity index is 1.33. The molecular formula is C19H33N5O. The SMILES string of the molecule is C[C@@H]1CCCC[C@@H]1OCCNCc1cnc(N2CCN(C)CC2)nc1. The molecule has 2 aliphatic rings. The molecule has 1 aromatic rings. The number of anilines is 1. The Hall–Kier alpha value is -1.24. The summed E-state index contributed by atoms with van der Waals surface area (Å²) in [5.74, 6) is 1.57. The summed E-state index contributed by atoms with van der Waals surface area (Å²) in [6, 6.07) is 0. The molecule has 2 fully saturated rings. The van der Waals surface area contributed by atoms with Crippen molar-refractivity contribution in [3.05, 3.63) is 18.0 Å². The van der Waals surface area contributed by atoms with E-state index in [2.05, 4.69) is 39.1 Å². The highest BCUT2D eigenvalue weighted by Gasteiger charge is 2.21. The van der Waals surface area contributed by atoms with Crippen LogP contribution in [0.5, 0.6) is 0 Å². The molecule has 2 heterocycles. The van der Waals surface area contributed by atoms with Crippen LogP contribution in [0.4, 0.5) is 5.95 Å². The Bertz CT molecular complexity index is 501. The zero-order valence-electron chi connectivity index (χ0n) is 15.8. The molecule has 0 amide bonds.